The van der Waals surface area contributed by atoms with Gasteiger partial charge in [0.15, 0.2) is 0 Å². The fourth-order valence-corrected chi connectivity index (χ4v) is 3.47. The Labute approximate surface area is 130 Å². The first-order valence-corrected chi connectivity index (χ1v) is 8.20. The molecule has 1 aliphatic rings. The third-order valence-electron chi connectivity index (χ3n) is 4.68. The van der Waals surface area contributed by atoms with Gasteiger partial charge in [0.05, 0.1) is 16.6 Å². The van der Waals surface area contributed by atoms with E-state index < -0.39 is 5.91 Å². The number of H-pyrrole nitrogens is 1. The maximum atomic E-state index is 11.6. The Hall–Kier alpha value is -1.88. The molecule has 0 spiro atoms. The molecular formula is C17H24N4O. The van der Waals surface area contributed by atoms with E-state index in [0.717, 1.165) is 37.1 Å². The number of aromatic nitrogens is 2. The van der Waals surface area contributed by atoms with Crippen LogP contribution >= 0.6 is 0 Å². The van der Waals surface area contributed by atoms with Gasteiger partial charge in [-0.3, -0.25) is 4.79 Å². The van der Waals surface area contributed by atoms with Crippen LogP contribution in [0.15, 0.2) is 18.2 Å². The molecule has 22 heavy (non-hydrogen) atoms. The summed E-state index contributed by atoms with van der Waals surface area (Å²) >= 11 is 0. The van der Waals surface area contributed by atoms with Crippen molar-refractivity contribution in [1.82, 2.24) is 15.3 Å². The predicted octanol–water partition coefficient (Wildman–Crippen LogP) is 2.82. The second kappa shape index (κ2) is 6.08. The molecule has 0 radical (unpaired) electrons. The van der Waals surface area contributed by atoms with Gasteiger partial charge in [0.1, 0.15) is 11.3 Å². The van der Waals surface area contributed by atoms with Crippen molar-refractivity contribution in [2.75, 3.05) is 6.54 Å². The van der Waals surface area contributed by atoms with Crippen molar-refractivity contribution in [1.29, 1.82) is 0 Å². The summed E-state index contributed by atoms with van der Waals surface area (Å²) in [4.78, 5) is 19.8. The number of hydrogen-bond donors (Lipinski definition) is 3. The standard InChI is InChI=1S/C17H24N4O/c1-2-3-4-9-17(10-6-11-19-17)16-20-13-8-5-7-12(15(18)22)14(13)21-16/h5,7-8,19H,2-4,6,9-11H2,1H3,(H2,18,22)(H,20,21)/t17-/m0/s1. The minimum absolute atomic E-state index is 0.0803. The fraction of sp³-hybridized carbons (Fsp3) is 0.529. The molecule has 4 N–H and O–H groups in total. The van der Waals surface area contributed by atoms with Gasteiger partial charge in [-0.25, -0.2) is 4.98 Å². The molecule has 5 nitrogen and oxygen atoms in total. The Morgan fingerprint density at radius 3 is 2.95 bits per heavy atom. The number of nitrogens with one attached hydrogen (secondary N) is 2. The normalized spacial score (nSPS) is 21.5. The van der Waals surface area contributed by atoms with Crippen molar-refractivity contribution in [3.63, 3.8) is 0 Å². The van der Waals surface area contributed by atoms with E-state index in [1.54, 1.807) is 6.07 Å². The van der Waals surface area contributed by atoms with E-state index in [2.05, 4.69) is 17.2 Å². The van der Waals surface area contributed by atoms with E-state index >= 15 is 0 Å². The number of imidazole rings is 1. The van der Waals surface area contributed by atoms with E-state index in [-0.39, 0.29) is 5.54 Å². The topological polar surface area (TPSA) is 83.8 Å². The van der Waals surface area contributed by atoms with Crippen LogP contribution in [0.25, 0.3) is 11.0 Å². The molecule has 1 amide bonds. The quantitative estimate of drug-likeness (QED) is 0.717. The van der Waals surface area contributed by atoms with Crippen molar-refractivity contribution < 1.29 is 4.79 Å². The average Bonchev–Trinajstić information content (AvgIpc) is 3.14. The predicted molar refractivity (Wildman–Crippen MR) is 87.7 cm³/mol. The molecule has 2 aromatic rings. The Bertz CT molecular complexity index is 670. The average molecular weight is 300 g/mol. The number of nitrogens with two attached hydrogens (primary N) is 1. The highest BCUT2D eigenvalue weighted by molar-refractivity contribution is 6.04. The second-order valence-corrected chi connectivity index (χ2v) is 6.22. The zero-order valence-electron chi connectivity index (χ0n) is 13.1. The van der Waals surface area contributed by atoms with Crippen molar-refractivity contribution in [2.24, 2.45) is 5.73 Å². The highest BCUT2D eigenvalue weighted by Gasteiger charge is 2.37. The van der Waals surface area contributed by atoms with Crippen LogP contribution in [0, 0.1) is 0 Å². The molecule has 0 aliphatic carbocycles. The van der Waals surface area contributed by atoms with E-state index in [4.69, 9.17) is 10.7 Å². The molecule has 5 heteroatoms. The van der Waals surface area contributed by atoms with Crippen LogP contribution in [0.2, 0.25) is 0 Å². The molecule has 2 heterocycles. The molecule has 1 atom stereocenters. The first-order chi connectivity index (χ1) is 10.7. The number of primary amides is 1. The number of para-hydroxylation sites is 1. The third-order valence-corrected chi connectivity index (χ3v) is 4.68. The van der Waals surface area contributed by atoms with Crippen molar-refractivity contribution in [3.8, 4) is 0 Å². The van der Waals surface area contributed by atoms with Crippen LogP contribution < -0.4 is 11.1 Å². The van der Waals surface area contributed by atoms with Crippen LogP contribution in [0.5, 0.6) is 0 Å². The lowest BCUT2D eigenvalue weighted by Gasteiger charge is -2.27. The van der Waals surface area contributed by atoms with Crippen LogP contribution in [0.3, 0.4) is 0 Å². The van der Waals surface area contributed by atoms with Gasteiger partial charge in [0.25, 0.3) is 5.91 Å². The number of aromatic amines is 1. The van der Waals surface area contributed by atoms with Gasteiger partial charge in [-0.1, -0.05) is 32.3 Å². The molecule has 1 aromatic heterocycles. The van der Waals surface area contributed by atoms with E-state index in [1.165, 1.54) is 19.3 Å². The number of unbranched alkanes of at least 4 members (excludes halogenated alkanes) is 2. The molecule has 0 bridgehead atoms. The molecule has 118 valence electrons. The van der Waals surface area contributed by atoms with Gasteiger partial charge < -0.3 is 16.0 Å². The Balaban J connectivity index is 2.00. The largest absolute Gasteiger partial charge is 0.366 e. The first-order valence-electron chi connectivity index (χ1n) is 8.20. The highest BCUT2D eigenvalue weighted by atomic mass is 16.1. The summed E-state index contributed by atoms with van der Waals surface area (Å²) in [7, 11) is 0. The third kappa shape index (κ3) is 2.61. The van der Waals surface area contributed by atoms with Crippen molar-refractivity contribution >= 4 is 16.9 Å². The molecule has 0 saturated carbocycles. The monoisotopic (exact) mass is 300 g/mol. The number of rotatable bonds is 6. The summed E-state index contributed by atoms with van der Waals surface area (Å²) < 4.78 is 0. The smallest absolute Gasteiger partial charge is 0.250 e. The summed E-state index contributed by atoms with van der Waals surface area (Å²) in [6.07, 6.45) is 6.95. The SMILES string of the molecule is CCCCC[C@@]1(c2nc3c(C(N)=O)cccc3[nH]2)CCCN1. The molecule has 1 aromatic carbocycles. The van der Waals surface area contributed by atoms with Gasteiger partial charge >= 0.3 is 0 Å². The molecule has 1 aliphatic heterocycles. The summed E-state index contributed by atoms with van der Waals surface area (Å²) in [5, 5.41) is 3.65. The van der Waals surface area contributed by atoms with Gasteiger partial charge in [0.2, 0.25) is 0 Å². The van der Waals surface area contributed by atoms with Gasteiger partial charge in [-0.05, 0) is 37.9 Å². The number of carbonyl (C=O) groups excluding carboxylic acids is 1. The highest BCUT2D eigenvalue weighted by Crippen LogP contribution is 2.35. The Morgan fingerprint density at radius 2 is 2.27 bits per heavy atom. The summed E-state index contributed by atoms with van der Waals surface area (Å²) in [5.41, 5.74) is 7.45. The first kappa shape index (κ1) is 15.0. The van der Waals surface area contributed by atoms with Gasteiger partial charge in [0, 0.05) is 0 Å². The van der Waals surface area contributed by atoms with Crippen LogP contribution in [0.4, 0.5) is 0 Å². The number of amides is 1. The van der Waals surface area contributed by atoms with Crippen molar-refractivity contribution in [2.45, 2.75) is 51.0 Å². The lowest BCUT2D eigenvalue weighted by atomic mass is 9.90. The molecule has 1 fully saturated rings. The lowest BCUT2D eigenvalue weighted by Crippen LogP contribution is -2.37. The number of nitrogens with zero attached hydrogens (tertiary/aromatic N) is 1. The molecule has 0 unspecified atom stereocenters. The Kier molecular flexibility index (Phi) is 4.16. The molecule has 3 rings (SSSR count). The summed E-state index contributed by atoms with van der Waals surface area (Å²) in [6, 6.07) is 5.53. The zero-order chi connectivity index (χ0) is 15.6. The number of carbonyl (C=O) groups is 1. The van der Waals surface area contributed by atoms with Gasteiger partial charge in [-0.15, -0.1) is 0 Å². The van der Waals surface area contributed by atoms with Crippen LogP contribution in [-0.2, 0) is 5.54 Å². The van der Waals surface area contributed by atoms with E-state index in [1.807, 2.05) is 12.1 Å². The number of benzene rings is 1. The maximum absolute atomic E-state index is 11.6. The minimum atomic E-state index is -0.428. The number of hydrogen-bond acceptors (Lipinski definition) is 3. The molecular weight excluding hydrogens is 276 g/mol. The number of fused-ring (bicyclic) bond motifs is 1. The van der Waals surface area contributed by atoms with E-state index in [0.29, 0.717) is 11.1 Å². The zero-order valence-corrected chi connectivity index (χ0v) is 13.1. The molecule has 1 saturated heterocycles. The van der Waals surface area contributed by atoms with Gasteiger partial charge in [-0.2, -0.15) is 0 Å². The van der Waals surface area contributed by atoms with Crippen LogP contribution in [0.1, 0.15) is 61.6 Å². The van der Waals surface area contributed by atoms with Crippen LogP contribution in [-0.4, -0.2) is 22.4 Å². The summed E-state index contributed by atoms with van der Waals surface area (Å²) in [5.74, 6) is 0.521. The lowest BCUT2D eigenvalue weighted by molar-refractivity contribution is 0.100. The summed E-state index contributed by atoms with van der Waals surface area (Å²) in [6.45, 7) is 3.24. The maximum Gasteiger partial charge on any atom is 0.250 e. The fourth-order valence-electron chi connectivity index (χ4n) is 3.47. The Morgan fingerprint density at radius 1 is 1.41 bits per heavy atom. The van der Waals surface area contributed by atoms with E-state index in [9.17, 15) is 4.79 Å². The van der Waals surface area contributed by atoms with Crippen molar-refractivity contribution in [3.05, 3.63) is 29.6 Å². The second-order valence-electron chi connectivity index (χ2n) is 6.22. The minimum Gasteiger partial charge on any atom is -0.366 e.